The summed E-state index contributed by atoms with van der Waals surface area (Å²) in [6, 6.07) is 11.1. The Hall–Kier alpha value is -2.93. The summed E-state index contributed by atoms with van der Waals surface area (Å²) >= 11 is 3.24. The third-order valence-corrected chi connectivity index (χ3v) is 3.73. The molecule has 0 aliphatic heterocycles. The first-order valence-corrected chi connectivity index (χ1v) is 7.89. The minimum Gasteiger partial charge on any atom is -0.356 e. The summed E-state index contributed by atoms with van der Waals surface area (Å²) in [7, 11) is 0. The van der Waals surface area contributed by atoms with Crippen molar-refractivity contribution in [3.05, 3.63) is 70.6 Å². The average molecular weight is 385 g/mol. The molecule has 0 aliphatic rings. The highest BCUT2D eigenvalue weighted by Gasteiger charge is 2.08. The zero-order valence-electron chi connectivity index (χ0n) is 12.4. The molecule has 6 nitrogen and oxygen atoms in total. The minimum atomic E-state index is -0.443. The van der Waals surface area contributed by atoms with E-state index >= 15 is 0 Å². The van der Waals surface area contributed by atoms with Gasteiger partial charge in [0.05, 0.1) is 5.52 Å². The van der Waals surface area contributed by atoms with Gasteiger partial charge in [0.1, 0.15) is 5.69 Å². The zero-order chi connectivity index (χ0) is 16.9. The second kappa shape index (κ2) is 7.10. The first kappa shape index (κ1) is 15.9. The number of amides is 2. The van der Waals surface area contributed by atoms with E-state index in [4.69, 9.17) is 0 Å². The Morgan fingerprint density at radius 3 is 2.79 bits per heavy atom. The number of aromatic amines is 1. The molecule has 0 spiro atoms. The highest BCUT2D eigenvalue weighted by atomic mass is 79.9. The van der Waals surface area contributed by atoms with Gasteiger partial charge in [0.2, 0.25) is 0 Å². The number of carbonyl (C=O) groups is 2. The molecule has 2 aromatic heterocycles. The van der Waals surface area contributed by atoms with Gasteiger partial charge in [0.15, 0.2) is 0 Å². The molecule has 0 radical (unpaired) electrons. The summed E-state index contributed by atoms with van der Waals surface area (Å²) in [5.41, 5.74) is 6.62. The first-order valence-electron chi connectivity index (χ1n) is 7.09. The van der Waals surface area contributed by atoms with E-state index in [0.717, 1.165) is 20.9 Å². The van der Waals surface area contributed by atoms with Crippen molar-refractivity contribution in [2.75, 3.05) is 0 Å². The number of aromatic nitrogens is 2. The Morgan fingerprint density at radius 1 is 1.17 bits per heavy atom. The third-order valence-electron chi connectivity index (χ3n) is 3.27. The summed E-state index contributed by atoms with van der Waals surface area (Å²) < 4.78 is 0.752. The Kier molecular flexibility index (Phi) is 4.72. The fraction of sp³-hybridized carbons (Fsp3) is 0. The fourth-order valence-corrected chi connectivity index (χ4v) is 2.50. The van der Waals surface area contributed by atoms with Crippen LogP contribution in [0.1, 0.15) is 16.1 Å². The molecule has 0 fully saturated rings. The lowest BCUT2D eigenvalue weighted by Crippen LogP contribution is -2.40. The molecule has 120 valence electrons. The van der Waals surface area contributed by atoms with Crippen molar-refractivity contribution < 1.29 is 9.59 Å². The molecule has 24 heavy (non-hydrogen) atoms. The van der Waals surface area contributed by atoms with E-state index in [1.54, 1.807) is 24.5 Å². The smallest absolute Gasteiger partial charge is 0.286 e. The molecular weight excluding hydrogens is 372 g/mol. The van der Waals surface area contributed by atoms with E-state index in [1.165, 1.54) is 6.08 Å². The number of fused-ring (bicyclic) bond motifs is 1. The lowest BCUT2D eigenvalue weighted by Gasteiger charge is -2.04. The van der Waals surface area contributed by atoms with Crippen molar-refractivity contribution in [1.82, 2.24) is 20.8 Å². The Morgan fingerprint density at radius 2 is 2.00 bits per heavy atom. The van der Waals surface area contributed by atoms with Gasteiger partial charge >= 0.3 is 0 Å². The topological polar surface area (TPSA) is 86.9 Å². The number of H-pyrrole nitrogens is 1. The number of carbonyl (C=O) groups excluding carboxylic acids is 2. The van der Waals surface area contributed by atoms with E-state index in [9.17, 15) is 9.59 Å². The van der Waals surface area contributed by atoms with Gasteiger partial charge in [-0.3, -0.25) is 25.4 Å². The van der Waals surface area contributed by atoms with Crippen molar-refractivity contribution in [3.63, 3.8) is 0 Å². The van der Waals surface area contributed by atoms with Crippen LogP contribution in [-0.4, -0.2) is 21.8 Å². The van der Waals surface area contributed by atoms with E-state index < -0.39 is 11.8 Å². The van der Waals surface area contributed by atoms with Gasteiger partial charge in [-0.05, 0) is 34.1 Å². The summed E-state index contributed by atoms with van der Waals surface area (Å²) in [4.78, 5) is 30.7. The lowest BCUT2D eigenvalue weighted by molar-refractivity contribution is -0.117. The van der Waals surface area contributed by atoms with Gasteiger partial charge in [-0.2, -0.15) is 0 Å². The van der Waals surface area contributed by atoms with Gasteiger partial charge < -0.3 is 4.98 Å². The van der Waals surface area contributed by atoms with E-state index in [1.807, 2.05) is 30.3 Å². The normalized spacial score (nSPS) is 10.9. The maximum atomic E-state index is 11.8. The number of benzene rings is 1. The Bertz CT molecular complexity index is 928. The number of halogens is 1. The molecule has 0 aliphatic carbocycles. The van der Waals surface area contributed by atoms with Crippen LogP contribution in [0.4, 0.5) is 0 Å². The molecule has 3 rings (SSSR count). The fourth-order valence-electron chi connectivity index (χ4n) is 2.15. The molecule has 7 heteroatoms. The molecule has 0 unspecified atom stereocenters. The number of para-hydroxylation sites is 1. The summed E-state index contributed by atoms with van der Waals surface area (Å²) in [5.74, 6) is -0.879. The number of rotatable bonds is 3. The van der Waals surface area contributed by atoms with Crippen LogP contribution in [0, 0.1) is 0 Å². The molecule has 1 aromatic carbocycles. The monoisotopic (exact) mass is 384 g/mol. The second-order valence-corrected chi connectivity index (χ2v) is 5.85. The molecule has 3 N–H and O–H groups in total. The maximum Gasteiger partial charge on any atom is 0.286 e. The number of hydrazine groups is 1. The zero-order valence-corrected chi connectivity index (χ0v) is 14.0. The number of nitrogens with zero attached hydrogens (tertiary/aromatic N) is 1. The molecule has 0 saturated heterocycles. The van der Waals surface area contributed by atoms with E-state index in [-0.39, 0.29) is 0 Å². The van der Waals surface area contributed by atoms with Gasteiger partial charge in [0.25, 0.3) is 11.8 Å². The van der Waals surface area contributed by atoms with Crippen LogP contribution >= 0.6 is 15.9 Å². The quantitative estimate of drug-likeness (QED) is 0.479. The van der Waals surface area contributed by atoms with Crippen LogP contribution in [0.5, 0.6) is 0 Å². The van der Waals surface area contributed by atoms with Crippen molar-refractivity contribution in [1.29, 1.82) is 0 Å². The predicted molar refractivity (Wildman–Crippen MR) is 94.9 cm³/mol. The van der Waals surface area contributed by atoms with Crippen LogP contribution in [0.25, 0.3) is 17.0 Å². The van der Waals surface area contributed by atoms with Gasteiger partial charge in [-0.1, -0.05) is 24.3 Å². The number of hydrogen-bond donors (Lipinski definition) is 3. The van der Waals surface area contributed by atoms with Gasteiger partial charge in [0, 0.05) is 33.9 Å². The Balaban J connectivity index is 1.64. The lowest BCUT2D eigenvalue weighted by atomic mass is 10.1. The van der Waals surface area contributed by atoms with Crippen molar-refractivity contribution in [2.24, 2.45) is 0 Å². The Labute approximate surface area is 146 Å². The standard InChI is InChI=1S/C17H13BrN4O2/c18-13-9-14(20-10-13)17(24)22-21-15(23)7-6-12-4-1-3-11-5-2-8-19-16(11)12/h1-10,20H,(H,21,23)(H,22,24)/b7-6+. The minimum absolute atomic E-state index is 0.337. The van der Waals surface area contributed by atoms with E-state index in [2.05, 4.69) is 36.7 Å². The largest absolute Gasteiger partial charge is 0.356 e. The maximum absolute atomic E-state index is 11.8. The molecule has 2 heterocycles. The highest BCUT2D eigenvalue weighted by Crippen LogP contribution is 2.16. The van der Waals surface area contributed by atoms with Crippen LogP contribution < -0.4 is 10.9 Å². The highest BCUT2D eigenvalue weighted by molar-refractivity contribution is 9.10. The van der Waals surface area contributed by atoms with E-state index in [0.29, 0.717) is 5.69 Å². The third kappa shape index (κ3) is 3.69. The molecule has 3 aromatic rings. The van der Waals surface area contributed by atoms with Crippen molar-refractivity contribution in [2.45, 2.75) is 0 Å². The SMILES string of the molecule is O=C(/C=C/c1cccc2cccnc12)NNC(=O)c1cc(Br)c[nH]1. The molecular formula is C17H13BrN4O2. The van der Waals surface area contributed by atoms with Gasteiger partial charge in [-0.25, -0.2) is 0 Å². The van der Waals surface area contributed by atoms with Crippen LogP contribution in [0.15, 0.2) is 59.3 Å². The van der Waals surface area contributed by atoms with Crippen LogP contribution in [0.2, 0.25) is 0 Å². The molecule has 0 atom stereocenters. The van der Waals surface area contributed by atoms with Crippen LogP contribution in [0.3, 0.4) is 0 Å². The molecule has 2 amide bonds. The number of hydrogen-bond acceptors (Lipinski definition) is 3. The number of pyridine rings is 1. The van der Waals surface area contributed by atoms with Crippen molar-refractivity contribution >= 4 is 44.7 Å². The molecule has 0 saturated carbocycles. The first-order chi connectivity index (χ1) is 11.6. The summed E-state index contributed by atoms with van der Waals surface area (Å²) in [6.45, 7) is 0. The second-order valence-electron chi connectivity index (χ2n) is 4.93. The van der Waals surface area contributed by atoms with Gasteiger partial charge in [-0.15, -0.1) is 0 Å². The molecule has 0 bridgehead atoms. The van der Waals surface area contributed by atoms with Crippen molar-refractivity contribution in [3.8, 4) is 0 Å². The van der Waals surface area contributed by atoms with Crippen LogP contribution in [-0.2, 0) is 4.79 Å². The summed E-state index contributed by atoms with van der Waals surface area (Å²) in [6.07, 6.45) is 6.33. The average Bonchev–Trinajstić information content (AvgIpc) is 3.04. The summed E-state index contributed by atoms with van der Waals surface area (Å²) in [5, 5.41) is 0.991. The predicted octanol–water partition coefficient (Wildman–Crippen LogP) is 2.80. The number of nitrogens with one attached hydrogen (secondary N) is 3.